The zero-order valence-electron chi connectivity index (χ0n) is 14.9. The van der Waals surface area contributed by atoms with Gasteiger partial charge in [0.05, 0.1) is 45.4 Å². The Morgan fingerprint density at radius 3 is 2.79 bits per heavy atom. The van der Waals surface area contributed by atoms with Crippen molar-refractivity contribution < 1.29 is 0 Å². The maximum absolute atomic E-state index is 13.4. The molecule has 8 nitrogen and oxygen atoms in total. The van der Waals surface area contributed by atoms with Crippen molar-refractivity contribution in [2.75, 3.05) is 6.54 Å². The van der Waals surface area contributed by atoms with Crippen LogP contribution >= 0.6 is 23.2 Å². The van der Waals surface area contributed by atoms with Gasteiger partial charge in [0.2, 0.25) is 0 Å². The fourth-order valence-corrected chi connectivity index (χ4v) is 3.78. The number of aromatic nitrogens is 4. The van der Waals surface area contributed by atoms with Crippen LogP contribution in [0.15, 0.2) is 46.7 Å². The van der Waals surface area contributed by atoms with E-state index < -0.39 is 0 Å². The molecular weight excluding hydrogens is 401 g/mol. The SMILES string of the molecule is CC[C@@H](c1nc2c(Cl)ccc(Cl)c2c(=O)n1-c1cn[nH]c1)N1C=CN=C(N)C1. The van der Waals surface area contributed by atoms with Gasteiger partial charge < -0.3 is 10.6 Å². The Balaban J connectivity index is 2.02. The third-order valence-corrected chi connectivity index (χ3v) is 5.24. The summed E-state index contributed by atoms with van der Waals surface area (Å²) in [6.45, 7) is 2.44. The van der Waals surface area contributed by atoms with E-state index in [4.69, 9.17) is 33.9 Å². The van der Waals surface area contributed by atoms with Gasteiger partial charge in [0.1, 0.15) is 11.7 Å². The molecule has 2 aromatic heterocycles. The normalized spacial score (nSPS) is 15.1. The molecule has 0 spiro atoms. The van der Waals surface area contributed by atoms with Crippen molar-refractivity contribution in [3.05, 3.63) is 63.1 Å². The molecule has 1 aromatic carbocycles. The first-order valence-electron chi connectivity index (χ1n) is 8.65. The van der Waals surface area contributed by atoms with Crippen LogP contribution in [0, 0.1) is 0 Å². The highest BCUT2D eigenvalue weighted by Gasteiger charge is 2.27. The zero-order valence-corrected chi connectivity index (χ0v) is 16.4. The summed E-state index contributed by atoms with van der Waals surface area (Å²) in [6, 6.07) is 2.99. The topological polar surface area (TPSA) is 105 Å². The van der Waals surface area contributed by atoms with Crippen LogP contribution in [0.3, 0.4) is 0 Å². The minimum absolute atomic E-state index is 0.243. The lowest BCUT2D eigenvalue weighted by molar-refractivity contribution is 0.286. The Hall–Kier alpha value is -2.84. The minimum Gasteiger partial charge on any atom is -0.386 e. The molecule has 3 N–H and O–H groups in total. The first-order valence-corrected chi connectivity index (χ1v) is 9.41. The van der Waals surface area contributed by atoms with E-state index in [9.17, 15) is 4.79 Å². The molecule has 3 heterocycles. The second-order valence-corrected chi connectivity index (χ2v) is 7.15. The van der Waals surface area contributed by atoms with Gasteiger partial charge in [0.25, 0.3) is 5.56 Å². The third-order valence-electron chi connectivity index (χ3n) is 4.62. The van der Waals surface area contributed by atoms with Crippen molar-refractivity contribution in [1.82, 2.24) is 24.6 Å². The van der Waals surface area contributed by atoms with Crippen molar-refractivity contribution in [1.29, 1.82) is 0 Å². The summed E-state index contributed by atoms with van der Waals surface area (Å²) in [4.78, 5) is 24.3. The van der Waals surface area contributed by atoms with Crippen LogP contribution < -0.4 is 11.3 Å². The Labute approximate surface area is 170 Å². The molecule has 4 rings (SSSR count). The number of halogens is 2. The molecule has 0 radical (unpaired) electrons. The molecule has 0 fully saturated rings. The minimum atomic E-state index is -0.310. The molecule has 0 amide bonds. The summed E-state index contributed by atoms with van der Waals surface area (Å²) in [7, 11) is 0. The first-order chi connectivity index (χ1) is 13.5. The van der Waals surface area contributed by atoms with E-state index in [1.54, 1.807) is 30.7 Å². The molecule has 1 atom stereocenters. The van der Waals surface area contributed by atoms with Gasteiger partial charge in [-0.2, -0.15) is 5.10 Å². The maximum atomic E-state index is 13.4. The highest BCUT2D eigenvalue weighted by Crippen LogP contribution is 2.31. The average molecular weight is 418 g/mol. The number of aliphatic imine (C=N–C) groups is 1. The summed E-state index contributed by atoms with van der Waals surface area (Å²) < 4.78 is 1.51. The summed E-state index contributed by atoms with van der Waals surface area (Å²) in [5.74, 6) is 1.00. The fraction of sp³-hybridized carbons (Fsp3) is 0.222. The molecule has 144 valence electrons. The van der Waals surface area contributed by atoms with Gasteiger partial charge in [0, 0.05) is 18.6 Å². The van der Waals surface area contributed by atoms with E-state index in [-0.39, 0.29) is 17.0 Å². The van der Waals surface area contributed by atoms with Crippen molar-refractivity contribution in [2.45, 2.75) is 19.4 Å². The molecule has 1 aliphatic heterocycles. The van der Waals surface area contributed by atoms with Crippen molar-refractivity contribution in [3.63, 3.8) is 0 Å². The summed E-state index contributed by atoms with van der Waals surface area (Å²) in [5, 5.41) is 7.63. The number of benzene rings is 1. The van der Waals surface area contributed by atoms with Crippen LogP contribution in [0.2, 0.25) is 10.0 Å². The number of hydrogen-bond acceptors (Lipinski definition) is 6. The highest BCUT2D eigenvalue weighted by molar-refractivity contribution is 6.39. The average Bonchev–Trinajstić information content (AvgIpc) is 3.19. The number of amidine groups is 1. The van der Waals surface area contributed by atoms with Gasteiger partial charge in [-0.15, -0.1) is 0 Å². The molecule has 0 aliphatic carbocycles. The number of rotatable bonds is 4. The van der Waals surface area contributed by atoms with Gasteiger partial charge in [-0.1, -0.05) is 30.1 Å². The Bertz CT molecular complexity index is 1150. The van der Waals surface area contributed by atoms with Crippen LogP contribution in [0.5, 0.6) is 0 Å². The Kier molecular flexibility index (Phi) is 4.82. The van der Waals surface area contributed by atoms with E-state index in [0.717, 1.165) is 0 Å². The smallest absolute Gasteiger partial charge is 0.267 e. The van der Waals surface area contributed by atoms with Crippen LogP contribution in [0.4, 0.5) is 0 Å². The molecule has 28 heavy (non-hydrogen) atoms. The molecule has 0 unspecified atom stereocenters. The predicted octanol–water partition coefficient (Wildman–Crippen LogP) is 3.01. The number of nitrogens with one attached hydrogen (secondary N) is 1. The number of nitrogens with two attached hydrogens (primary N) is 1. The monoisotopic (exact) mass is 417 g/mol. The van der Waals surface area contributed by atoms with Crippen LogP contribution in [-0.2, 0) is 0 Å². The van der Waals surface area contributed by atoms with Gasteiger partial charge >= 0.3 is 0 Å². The lowest BCUT2D eigenvalue weighted by atomic mass is 10.1. The summed E-state index contributed by atoms with van der Waals surface area (Å²) >= 11 is 12.7. The second kappa shape index (κ2) is 7.29. The summed E-state index contributed by atoms with van der Waals surface area (Å²) in [6.07, 6.45) is 7.33. The van der Waals surface area contributed by atoms with Crippen molar-refractivity contribution in [3.8, 4) is 5.69 Å². The summed E-state index contributed by atoms with van der Waals surface area (Å²) in [5.41, 5.74) is 6.53. The predicted molar refractivity (Wildman–Crippen MR) is 110 cm³/mol. The molecule has 3 aromatic rings. The molecular formula is C18H17Cl2N7O. The first kappa shape index (κ1) is 18.5. The molecule has 0 saturated carbocycles. The number of H-pyrrole nitrogens is 1. The van der Waals surface area contributed by atoms with E-state index in [1.807, 2.05) is 18.0 Å². The van der Waals surface area contributed by atoms with E-state index in [1.165, 1.54) is 4.57 Å². The molecule has 0 bridgehead atoms. The number of hydrogen-bond donors (Lipinski definition) is 2. The number of nitrogens with zero attached hydrogens (tertiary/aromatic N) is 5. The number of fused-ring (bicyclic) bond motifs is 1. The van der Waals surface area contributed by atoms with E-state index in [2.05, 4.69) is 15.2 Å². The lowest BCUT2D eigenvalue weighted by Crippen LogP contribution is -2.38. The van der Waals surface area contributed by atoms with Gasteiger partial charge in [-0.3, -0.25) is 14.5 Å². The van der Waals surface area contributed by atoms with Crippen LogP contribution in [0.25, 0.3) is 16.6 Å². The highest BCUT2D eigenvalue weighted by atomic mass is 35.5. The molecule has 1 aliphatic rings. The largest absolute Gasteiger partial charge is 0.386 e. The van der Waals surface area contributed by atoms with Crippen LogP contribution in [-0.4, -0.2) is 37.0 Å². The maximum Gasteiger partial charge on any atom is 0.267 e. The van der Waals surface area contributed by atoms with E-state index in [0.29, 0.717) is 45.9 Å². The van der Waals surface area contributed by atoms with Gasteiger partial charge in [-0.25, -0.2) is 9.98 Å². The van der Waals surface area contributed by atoms with Gasteiger partial charge in [0.15, 0.2) is 0 Å². The van der Waals surface area contributed by atoms with E-state index >= 15 is 0 Å². The number of aromatic amines is 1. The Morgan fingerprint density at radius 2 is 2.11 bits per heavy atom. The quantitative estimate of drug-likeness (QED) is 0.678. The Morgan fingerprint density at radius 1 is 1.32 bits per heavy atom. The molecule has 0 saturated heterocycles. The molecule has 10 heteroatoms. The third kappa shape index (κ3) is 3.04. The fourth-order valence-electron chi connectivity index (χ4n) is 3.35. The standard InChI is InChI=1S/C18H17Cl2N7O/c1-2-13(26-6-5-22-14(21)9-26)17-25-16-12(20)4-3-11(19)15(16)18(28)27(17)10-7-23-24-8-10/h3-8,13H,2,9H2,1H3,(H2,21,22)(H,23,24)/t13-/m0/s1. The van der Waals surface area contributed by atoms with Gasteiger partial charge in [-0.05, 0) is 18.6 Å². The van der Waals surface area contributed by atoms with Crippen molar-refractivity contribution in [2.24, 2.45) is 10.7 Å². The van der Waals surface area contributed by atoms with Crippen molar-refractivity contribution >= 4 is 39.9 Å². The zero-order chi connectivity index (χ0) is 19.8. The van der Waals surface area contributed by atoms with Crippen LogP contribution in [0.1, 0.15) is 25.2 Å². The second-order valence-electron chi connectivity index (χ2n) is 6.33. The lowest BCUT2D eigenvalue weighted by Gasteiger charge is -2.32.